The number of morpholine rings is 1. The maximum atomic E-state index is 12.3. The summed E-state index contributed by atoms with van der Waals surface area (Å²) in [5, 5.41) is 12.0. The minimum absolute atomic E-state index is 0.133. The zero-order chi connectivity index (χ0) is 26.4. The van der Waals surface area contributed by atoms with Crippen LogP contribution in [-0.4, -0.2) is 72.0 Å². The Morgan fingerprint density at radius 1 is 1.11 bits per heavy atom. The highest BCUT2D eigenvalue weighted by Crippen LogP contribution is 2.28. The average Bonchev–Trinajstić information content (AvgIpc) is 3.19. The Balaban J connectivity index is 1.49. The first-order valence-electron chi connectivity index (χ1n) is 12.7. The van der Waals surface area contributed by atoms with Crippen molar-refractivity contribution in [2.45, 2.75) is 39.3 Å². The summed E-state index contributed by atoms with van der Waals surface area (Å²) in [6, 6.07) is 13.3. The van der Waals surface area contributed by atoms with Crippen LogP contribution < -0.4 is 4.74 Å². The molecule has 1 aliphatic rings. The van der Waals surface area contributed by atoms with Gasteiger partial charge in [-0.2, -0.15) is 0 Å². The van der Waals surface area contributed by atoms with Gasteiger partial charge in [0.25, 0.3) is 0 Å². The van der Waals surface area contributed by atoms with E-state index in [4.69, 9.17) is 14.2 Å². The van der Waals surface area contributed by atoms with E-state index < -0.39 is 5.60 Å². The molecule has 0 atom stereocenters. The Bertz CT molecular complexity index is 1220. The highest BCUT2D eigenvalue weighted by Gasteiger charge is 2.18. The largest absolute Gasteiger partial charge is 0.492 e. The van der Waals surface area contributed by atoms with Gasteiger partial charge in [-0.25, -0.2) is 4.79 Å². The number of ether oxygens (including phenoxy) is 3. The van der Waals surface area contributed by atoms with Gasteiger partial charge in [-0.3, -0.25) is 15.0 Å². The van der Waals surface area contributed by atoms with Gasteiger partial charge in [0.2, 0.25) is 6.54 Å². The normalized spacial score (nSPS) is 14.6. The van der Waals surface area contributed by atoms with Crippen LogP contribution in [0.4, 0.5) is 0 Å². The molecule has 9 nitrogen and oxygen atoms in total. The predicted octanol–water partition coefficient (Wildman–Crippen LogP) is 4.18. The molecule has 3 aromatic rings. The molecular formula is C28H35N3O6. The Labute approximate surface area is 217 Å². The number of benzene rings is 2. The predicted molar refractivity (Wildman–Crippen MR) is 141 cm³/mol. The highest BCUT2D eigenvalue weighted by atomic mass is 16.6. The van der Waals surface area contributed by atoms with Gasteiger partial charge >= 0.3 is 5.97 Å². The van der Waals surface area contributed by atoms with Gasteiger partial charge in [0, 0.05) is 54.6 Å². The summed E-state index contributed by atoms with van der Waals surface area (Å²) >= 11 is 0. The van der Waals surface area contributed by atoms with Crippen molar-refractivity contribution in [2.24, 2.45) is 0 Å². The smallest absolute Gasteiger partial charge is 0.338 e. The van der Waals surface area contributed by atoms with E-state index in [1.165, 1.54) is 0 Å². The van der Waals surface area contributed by atoms with Gasteiger partial charge in [-0.15, -0.1) is 0 Å². The van der Waals surface area contributed by atoms with E-state index in [9.17, 15) is 14.9 Å². The zero-order valence-corrected chi connectivity index (χ0v) is 21.8. The Morgan fingerprint density at radius 2 is 1.84 bits per heavy atom. The molecule has 2 heterocycles. The SMILES string of the molecule is CC(C)(C)OC(=O)c1ccc(Cn2cc(CC[N+](=O)[O-])c3cc(OCCN4CCOCC4)ccc32)cc1. The summed E-state index contributed by atoms with van der Waals surface area (Å²) in [5.74, 6) is 0.399. The molecule has 0 bridgehead atoms. The number of nitro groups is 1. The first-order chi connectivity index (χ1) is 17.7. The molecule has 0 spiro atoms. The topological polar surface area (TPSA) is 96.1 Å². The fourth-order valence-electron chi connectivity index (χ4n) is 4.38. The summed E-state index contributed by atoms with van der Waals surface area (Å²) in [5.41, 5.74) is 2.86. The van der Waals surface area contributed by atoms with Gasteiger partial charge in [0.15, 0.2) is 0 Å². The van der Waals surface area contributed by atoms with E-state index in [0.717, 1.165) is 60.6 Å². The van der Waals surface area contributed by atoms with E-state index in [1.807, 2.05) is 57.3 Å². The van der Waals surface area contributed by atoms with Gasteiger partial charge in [0.05, 0.1) is 18.8 Å². The molecule has 4 rings (SSSR count). The molecule has 198 valence electrons. The monoisotopic (exact) mass is 509 g/mol. The van der Waals surface area contributed by atoms with Crippen molar-refractivity contribution in [3.63, 3.8) is 0 Å². The number of nitrogens with zero attached hydrogens (tertiary/aromatic N) is 3. The molecule has 1 fully saturated rings. The highest BCUT2D eigenvalue weighted by molar-refractivity contribution is 5.89. The number of rotatable bonds is 10. The lowest BCUT2D eigenvalue weighted by atomic mass is 10.1. The lowest BCUT2D eigenvalue weighted by molar-refractivity contribution is -0.479. The molecule has 0 amide bonds. The zero-order valence-electron chi connectivity index (χ0n) is 21.8. The summed E-state index contributed by atoms with van der Waals surface area (Å²) < 4.78 is 18.9. The van der Waals surface area contributed by atoms with E-state index in [0.29, 0.717) is 25.1 Å². The van der Waals surface area contributed by atoms with Crippen molar-refractivity contribution < 1.29 is 23.9 Å². The number of hydrogen-bond acceptors (Lipinski definition) is 7. The number of aromatic nitrogens is 1. The molecule has 0 radical (unpaired) electrons. The van der Waals surface area contributed by atoms with Crippen LogP contribution in [0.25, 0.3) is 10.9 Å². The van der Waals surface area contributed by atoms with Gasteiger partial charge in [-0.1, -0.05) is 12.1 Å². The lowest BCUT2D eigenvalue weighted by Crippen LogP contribution is -2.38. The maximum Gasteiger partial charge on any atom is 0.338 e. The lowest BCUT2D eigenvalue weighted by Gasteiger charge is -2.26. The summed E-state index contributed by atoms with van der Waals surface area (Å²) in [4.78, 5) is 25.4. The van der Waals surface area contributed by atoms with Crippen LogP contribution in [0.5, 0.6) is 5.75 Å². The Morgan fingerprint density at radius 3 is 2.51 bits per heavy atom. The van der Waals surface area contributed by atoms with Crippen molar-refractivity contribution in [1.29, 1.82) is 0 Å². The second kappa shape index (κ2) is 11.7. The standard InChI is InChI=1S/C28H35N3O6/c1-28(2,3)37-27(32)22-6-4-21(5-7-22)19-30-20-23(10-11-31(33)34)25-18-24(8-9-26(25)30)36-17-14-29-12-15-35-16-13-29/h4-9,18,20H,10-17,19H2,1-3H3. The molecule has 1 aromatic heterocycles. The third kappa shape index (κ3) is 7.53. The molecule has 2 aromatic carbocycles. The minimum atomic E-state index is -0.551. The van der Waals surface area contributed by atoms with Crippen molar-refractivity contribution >= 4 is 16.9 Å². The molecule has 9 heteroatoms. The number of esters is 1. The van der Waals surface area contributed by atoms with E-state index >= 15 is 0 Å². The molecular weight excluding hydrogens is 474 g/mol. The second-order valence-electron chi connectivity index (χ2n) is 10.3. The van der Waals surface area contributed by atoms with Crippen LogP contribution in [0.1, 0.15) is 42.3 Å². The molecule has 1 aliphatic heterocycles. The van der Waals surface area contributed by atoms with Crippen molar-refractivity contribution in [3.05, 3.63) is 75.5 Å². The van der Waals surface area contributed by atoms with Crippen LogP contribution in [-0.2, 0) is 22.4 Å². The fraction of sp³-hybridized carbons (Fsp3) is 0.464. The molecule has 0 N–H and O–H groups in total. The Kier molecular flexibility index (Phi) is 8.45. The first-order valence-corrected chi connectivity index (χ1v) is 12.7. The van der Waals surface area contributed by atoms with Gasteiger partial charge < -0.3 is 18.8 Å². The third-order valence-corrected chi connectivity index (χ3v) is 6.22. The number of carbonyl (C=O) groups is 1. The van der Waals surface area contributed by atoms with Crippen LogP contribution >= 0.6 is 0 Å². The van der Waals surface area contributed by atoms with Crippen LogP contribution in [0.15, 0.2) is 48.7 Å². The van der Waals surface area contributed by atoms with Crippen LogP contribution in [0.2, 0.25) is 0 Å². The summed E-state index contributed by atoms with van der Waals surface area (Å²) in [7, 11) is 0. The number of carbonyl (C=O) groups excluding carboxylic acids is 1. The third-order valence-electron chi connectivity index (χ3n) is 6.22. The van der Waals surface area contributed by atoms with Crippen molar-refractivity contribution in [3.8, 4) is 5.75 Å². The molecule has 37 heavy (non-hydrogen) atoms. The number of hydrogen-bond donors (Lipinski definition) is 0. The second-order valence-corrected chi connectivity index (χ2v) is 10.3. The molecule has 0 aliphatic carbocycles. The van der Waals surface area contributed by atoms with E-state index in [2.05, 4.69) is 9.47 Å². The van der Waals surface area contributed by atoms with Gasteiger partial charge in [0.1, 0.15) is 18.0 Å². The van der Waals surface area contributed by atoms with Crippen molar-refractivity contribution in [2.75, 3.05) is 46.0 Å². The van der Waals surface area contributed by atoms with Crippen LogP contribution in [0, 0.1) is 10.1 Å². The van der Waals surface area contributed by atoms with E-state index in [1.54, 1.807) is 12.1 Å². The minimum Gasteiger partial charge on any atom is -0.492 e. The van der Waals surface area contributed by atoms with Crippen molar-refractivity contribution in [1.82, 2.24) is 9.47 Å². The molecule has 0 unspecified atom stereocenters. The summed E-state index contributed by atoms with van der Waals surface area (Å²) in [6.45, 7) is 10.7. The number of fused-ring (bicyclic) bond motifs is 1. The quantitative estimate of drug-likeness (QED) is 0.230. The summed E-state index contributed by atoms with van der Waals surface area (Å²) in [6.07, 6.45) is 2.32. The van der Waals surface area contributed by atoms with E-state index in [-0.39, 0.29) is 17.4 Å². The van der Waals surface area contributed by atoms with Crippen LogP contribution in [0.3, 0.4) is 0 Å². The fourth-order valence-corrected chi connectivity index (χ4v) is 4.38. The Hall–Kier alpha value is -3.43. The molecule has 1 saturated heterocycles. The molecule has 0 saturated carbocycles. The maximum absolute atomic E-state index is 12.3. The first kappa shape index (κ1) is 26.6. The average molecular weight is 510 g/mol. The van der Waals surface area contributed by atoms with Gasteiger partial charge in [-0.05, 0) is 62.2 Å².